The summed E-state index contributed by atoms with van der Waals surface area (Å²) in [4.78, 5) is 16.5. The Morgan fingerprint density at radius 1 is 1.11 bits per heavy atom. The van der Waals surface area contributed by atoms with Gasteiger partial charge in [0.15, 0.2) is 0 Å². The first-order valence-corrected chi connectivity index (χ1v) is 10.2. The molecule has 6 nitrogen and oxygen atoms in total. The molecule has 0 unspecified atom stereocenters. The molecule has 1 aromatic rings. The number of nitrogens with zero attached hydrogens (tertiary/aromatic N) is 4. The van der Waals surface area contributed by atoms with Crippen LogP contribution in [0.1, 0.15) is 80.5 Å². The molecule has 2 heterocycles. The minimum Gasteiger partial charge on any atom is -0.354 e. The first-order chi connectivity index (χ1) is 12.4. The first kappa shape index (κ1) is 21.6. The maximum absolute atomic E-state index is 4.90. The van der Waals surface area contributed by atoms with Crippen LogP contribution in [0, 0.1) is 0 Å². The van der Waals surface area contributed by atoms with E-state index in [4.69, 9.17) is 15.0 Å². The average Bonchev–Trinajstić information content (AvgIpc) is 2.57. The molecule has 0 spiro atoms. The highest BCUT2D eigenvalue weighted by Crippen LogP contribution is 2.33. The van der Waals surface area contributed by atoms with E-state index in [2.05, 4.69) is 84.0 Å². The van der Waals surface area contributed by atoms with E-state index < -0.39 is 0 Å². The Morgan fingerprint density at radius 3 is 2.26 bits per heavy atom. The van der Waals surface area contributed by atoms with Crippen LogP contribution in [0.15, 0.2) is 11.8 Å². The van der Waals surface area contributed by atoms with Crippen LogP contribution in [0.25, 0.3) is 0 Å². The molecule has 152 valence electrons. The van der Waals surface area contributed by atoms with Crippen LogP contribution >= 0.6 is 0 Å². The fourth-order valence-corrected chi connectivity index (χ4v) is 3.80. The maximum Gasteiger partial charge on any atom is 0.234 e. The SMILES string of the molecule is CCNc1nc(N(C)C2=CC(C)(C)NC(C)(C)C2)nc(C(C)(CC)CC)n1. The van der Waals surface area contributed by atoms with Gasteiger partial charge in [0.1, 0.15) is 5.82 Å². The third-order valence-electron chi connectivity index (χ3n) is 5.60. The number of nitrogens with one attached hydrogen (secondary N) is 2. The second-order valence-electron chi connectivity index (χ2n) is 9.18. The molecule has 0 aromatic carbocycles. The van der Waals surface area contributed by atoms with Crippen molar-refractivity contribution in [3.05, 3.63) is 17.6 Å². The molecule has 0 saturated heterocycles. The van der Waals surface area contributed by atoms with Crippen molar-refractivity contribution in [2.24, 2.45) is 0 Å². The van der Waals surface area contributed by atoms with E-state index >= 15 is 0 Å². The van der Waals surface area contributed by atoms with Gasteiger partial charge in [-0.25, -0.2) is 0 Å². The summed E-state index contributed by atoms with van der Waals surface area (Å²) in [7, 11) is 2.06. The van der Waals surface area contributed by atoms with Gasteiger partial charge in [-0.15, -0.1) is 0 Å². The van der Waals surface area contributed by atoms with E-state index in [1.807, 2.05) is 0 Å². The van der Waals surface area contributed by atoms with Crippen molar-refractivity contribution in [2.45, 2.75) is 91.1 Å². The van der Waals surface area contributed by atoms with Crippen LogP contribution in [-0.4, -0.2) is 39.6 Å². The van der Waals surface area contributed by atoms with Crippen molar-refractivity contribution in [3.8, 4) is 0 Å². The van der Waals surface area contributed by atoms with Crippen molar-refractivity contribution >= 4 is 11.9 Å². The van der Waals surface area contributed by atoms with Crippen LogP contribution in [0.3, 0.4) is 0 Å². The molecule has 1 aromatic heterocycles. The Kier molecular flexibility index (Phi) is 6.19. The minimum atomic E-state index is -0.0763. The number of hydrogen-bond acceptors (Lipinski definition) is 6. The summed E-state index contributed by atoms with van der Waals surface area (Å²) in [6.07, 6.45) is 5.20. The number of aromatic nitrogens is 3. The second-order valence-corrected chi connectivity index (χ2v) is 9.18. The molecule has 1 aliphatic heterocycles. The third-order valence-corrected chi connectivity index (χ3v) is 5.60. The Bertz CT molecular complexity index is 688. The monoisotopic (exact) mass is 374 g/mol. The minimum absolute atomic E-state index is 0.0174. The van der Waals surface area contributed by atoms with Crippen molar-refractivity contribution < 1.29 is 0 Å². The van der Waals surface area contributed by atoms with Gasteiger partial charge in [-0.3, -0.25) is 0 Å². The van der Waals surface area contributed by atoms with Crippen LogP contribution in [0.2, 0.25) is 0 Å². The Hall–Kier alpha value is -1.69. The number of rotatable bonds is 7. The van der Waals surface area contributed by atoms with Gasteiger partial charge in [-0.2, -0.15) is 15.0 Å². The standard InChI is InChI=1S/C21H38N6/c1-10-21(8,11-2)16-23-17(22-12-3)25-18(24-16)27(9)15-13-19(4,5)26-20(6,7)14-15/h13,26H,10-12,14H2,1-9H3,(H,22,23,24,25). The highest BCUT2D eigenvalue weighted by Gasteiger charge is 2.34. The van der Waals surface area contributed by atoms with Crippen molar-refractivity contribution in [1.82, 2.24) is 20.3 Å². The fraction of sp³-hybridized carbons (Fsp3) is 0.762. The lowest BCUT2D eigenvalue weighted by Crippen LogP contribution is -2.55. The van der Waals surface area contributed by atoms with Gasteiger partial charge >= 0.3 is 0 Å². The van der Waals surface area contributed by atoms with Gasteiger partial charge in [-0.05, 0) is 53.5 Å². The highest BCUT2D eigenvalue weighted by molar-refractivity contribution is 5.45. The predicted octanol–water partition coefficient (Wildman–Crippen LogP) is 4.25. The van der Waals surface area contributed by atoms with Gasteiger partial charge in [0.05, 0.1) is 0 Å². The summed E-state index contributed by atoms with van der Waals surface area (Å²) in [5.74, 6) is 2.24. The summed E-state index contributed by atoms with van der Waals surface area (Å²) in [5.41, 5.74) is 1.12. The van der Waals surface area contributed by atoms with Crippen LogP contribution in [-0.2, 0) is 5.41 Å². The Morgan fingerprint density at radius 2 is 1.74 bits per heavy atom. The zero-order valence-corrected chi connectivity index (χ0v) is 18.7. The molecule has 1 aliphatic rings. The van der Waals surface area contributed by atoms with E-state index in [0.717, 1.165) is 31.6 Å². The number of hydrogen-bond donors (Lipinski definition) is 2. The van der Waals surface area contributed by atoms with Gasteiger partial charge in [0, 0.05) is 42.2 Å². The van der Waals surface area contributed by atoms with Crippen LogP contribution in [0.5, 0.6) is 0 Å². The van der Waals surface area contributed by atoms with E-state index in [-0.39, 0.29) is 16.5 Å². The van der Waals surface area contributed by atoms with Crippen LogP contribution in [0.4, 0.5) is 11.9 Å². The summed E-state index contributed by atoms with van der Waals surface area (Å²) < 4.78 is 0. The third kappa shape index (κ3) is 4.98. The lowest BCUT2D eigenvalue weighted by molar-refractivity contribution is 0.281. The Labute approximate surface area is 165 Å². The molecule has 0 radical (unpaired) electrons. The van der Waals surface area contributed by atoms with Crippen molar-refractivity contribution in [3.63, 3.8) is 0 Å². The predicted molar refractivity (Wildman–Crippen MR) is 114 cm³/mol. The summed E-state index contributed by atoms with van der Waals surface area (Å²) >= 11 is 0. The zero-order chi connectivity index (χ0) is 20.5. The van der Waals surface area contributed by atoms with Gasteiger partial charge in [0.25, 0.3) is 0 Å². The molecule has 0 fully saturated rings. The average molecular weight is 375 g/mol. The van der Waals surface area contributed by atoms with Gasteiger partial charge in [-0.1, -0.05) is 20.8 Å². The summed E-state index contributed by atoms with van der Waals surface area (Å²) in [5, 5.41) is 6.96. The smallest absolute Gasteiger partial charge is 0.234 e. The molecule has 0 amide bonds. The Balaban J connectivity index is 2.50. The van der Waals surface area contributed by atoms with Crippen LogP contribution < -0.4 is 15.5 Å². The van der Waals surface area contributed by atoms with Crippen molar-refractivity contribution in [1.29, 1.82) is 0 Å². The topological polar surface area (TPSA) is 66.0 Å². The largest absolute Gasteiger partial charge is 0.354 e. The van der Waals surface area contributed by atoms with E-state index in [1.165, 1.54) is 5.70 Å². The van der Waals surface area contributed by atoms with Gasteiger partial charge in [0.2, 0.25) is 11.9 Å². The quantitative estimate of drug-likeness (QED) is 0.744. The normalized spacial score (nSPS) is 18.8. The molecular formula is C21H38N6. The van der Waals surface area contributed by atoms with E-state index in [9.17, 15) is 0 Å². The molecule has 0 bridgehead atoms. The molecule has 2 rings (SSSR count). The summed E-state index contributed by atoms with van der Waals surface area (Å²) in [6.45, 7) is 18.4. The lowest BCUT2D eigenvalue weighted by atomic mass is 9.84. The maximum atomic E-state index is 4.90. The van der Waals surface area contributed by atoms with E-state index in [1.54, 1.807) is 0 Å². The van der Waals surface area contributed by atoms with Gasteiger partial charge < -0.3 is 15.5 Å². The zero-order valence-electron chi connectivity index (χ0n) is 18.7. The molecule has 6 heteroatoms. The molecule has 0 aliphatic carbocycles. The lowest BCUT2D eigenvalue weighted by Gasteiger charge is -2.43. The molecule has 27 heavy (non-hydrogen) atoms. The highest BCUT2D eigenvalue weighted by atomic mass is 15.3. The molecular weight excluding hydrogens is 336 g/mol. The number of anilines is 2. The molecule has 0 saturated carbocycles. The van der Waals surface area contributed by atoms with Crippen molar-refractivity contribution in [2.75, 3.05) is 23.8 Å². The fourth-order valence-electron chi connectivity index (χ4n) is 3.80. The second kappa shape index (κ2) is 7.74. The van der Waals surface area contributed by atoms with E-state index in [0.29, 0.717) is 11.9 Å². The first-order valence-electron chi connectivity index (χ1n) is 10.2. The summed E-state index contributed by atoms with van der Waals surface area (Å²) in [6, 6.07) is 0. The molecule has 0 atom stereocenters. The molecule has 2 N–H and O–H groups in total.